The highest BCUT2D eigenvalue weighted by molar-refractivity contribution is 5.63. The Hall–Kier alpha value is -4.34. The molecule has 4 aromatic heterocycles. The Morgan fingerprint density at radius 2 is 1.91 bits per heavy atom. The van der Waals surface area contributed by atoms with Crippen LogP contribution in [0.15, 0.2) is 57.7 Å². The van der Waals surface area contributed by atoms with Crippen molar-refractivity contribution in [2.75, 3.05) is 7.11 Å². The molecule has 0 amide bonds. The Balaban J connectivity index is 1.42. The number of ether oxygens (including phenoxy) is 1. The van der Waals surface area contributed by atoms with Gasteiger partial charge in [-0.2, -0.15) is 4.98 Å². The van der Waals surface area contributed by atoms with E-state index in [0.717, 1.165) is 22.5 Å². The SMILES string of the molecule is COc1ccccc1-c1nc(Cn2nnc(-c3nc(-c4cccnc4)no3)c2C)c(C)o1. The van der Waals surface area contributed by atoms with Gasteiger partial charge >= 0.3 is 0 Å². The lowest BCUT2D eigenvalue weighted by molar-refractivity contribution is 0.414. The molecule has 0 saturated heterocycles. The number of hydrogen-bond acceptors (Lipinski definition) is 9. The minimum Gasteiger partial charge on any atom is -0.496 e. The predicted molar refractivity (Wildman–Crippen MR) is 114 cm³/mol. The van der Waals surface area contributed by atoms with Crippen molar-refractivity contribution in [1.82, 2.24) is 35.1 Å². The Kier molecular flexibility index (Phi) is 4.94. The van der Waals surface area contributed by atoms with Crippen molar-refractivity contribution in [3.05, 3.63) is 65.9 Å². The maximum atomic E-state index is 5.90. The number of hydrogen-bond donors (Lipinski definition) is 0. The van der Waals surface area contributed by atoms with Crippen molar-refractivity contribution in [3.8, 4) is 40.2 Å². The highest BCUT2D eigenvalue weighted by atomic mass is 16.5. The van der Waals surface area contributed by atoms with Crippen molar-refractivity contribution in [3.63, 3.8) is 0 Å². The first kappa shape index (κ1) is 19.6. The zero-order chi connectivity index (χ0) is 22.1. The zero-order valence-corrected chi connectivity index (χ0v) is 17.7. The summed E-state index contributed by atoms with van der Waals surface area (Å²) in [4.78, 5) is 13.2. The summed E-state index contributed by atoms with van der Waals surface area (Å²) in [5.41, 5.74) is 3.57. The van der Waals surface area contributed by atoms with Crippen LogP contribution in [0.1, 0.15) is 17.1 Å². The molecule has 0 atom stereocenters. The highest BCUT2D eigenvalue weighted by Crippen LogP contribution is 2.30. The number of methoxy groups -OCH3 is 1. The van der Waals surface area contributed by atoms with Crippen LogP contribution in [0.4, 0.5) is 0 Å². The molecule has 0 unspecified atom stereocenters. The van der Waals surface area contributed by atoms with Gasteiger partial charge in [-0.15, -0.1) is 5.10 Å². The first-order valence-corrected chi connectivity index (χ1v) is 9.88. The molecule has 0 fully saturated rings. The van der Waals surface area contributed by atoms with Gasteiger partial charge in [-0.1, -0.05) is 22.5 Å². The summed E-state index contributed by atoms with van der Waals surface area (Å²) in [7, 11) is 1.62. The van der Waals surface area contributed by atoms with Gasteiger partial charge < -0.3 is 13.7 Å². The van der Waals surface area contributed by atoms with E-state index >= 15 is 0 Å². The molecular formula is C22H19N7O3. The summed E-state index contributed by atoms with van der Waals surface area (Å²) < 4.78 is 18.4. The predicted octanol–water partition coefficient (Wildman–Crippen LogP) is 3.72. The molecule has 0 aliphatic rings. The van der Waals surface area contributed by atoms with Crippen LogP contribution in [0, 0.1) is 13.8 Å². The molecule has 5 rings (SSSR count). The molecule has 0 aliphatic heterocycles. The third-order valence-electron chi connectivity index (χ3n) is 5.06. The number of nitrogens with zero attached hydrogens (tertiary/aromatic N) is 7. The van der Waals surface area contributed by atoms with Gasteiger partial charge in [-0.05, 0) is 38.1 Å². The fourth-order valence-corrected chi connectivity index (χ4v) is 3.29. The first-order valence-electron chi connectivity index (χ1n) is 9.88. The number of rotatable bonds is 6. The summed E-state index contributed by atoms with van der Waals surface area (Å²) in [5.74, 6) is 2.61. The molecular weight excluding hydrogens is 410 g/mol. The van der Waals surface area contributed by atoms with Gasteiger partial charge in [0, 0.05) is 18.0 Å². The average molecular weight is 429 g/mol. The second kappa shape index (κ2) is 8.06. The minimum absolute atomic E-state index is 0.291. The van der Waals surface area contributed by atoms with Crippen molar-refractivity contribution in [2.45, 2.75) is 20.4 Å². The number of para-hydroxylation sites is 1. The molecule has 0 radical (unpaired) electrons. The van der Waals surface area contributed by atoms with E-state index in [1.165, 1.54) is 0 Å². The van der Waals surface area contributed by atoms with Crippen molar-refractivity contribution in [2.24, 2.45) is 0 Å². The van der Waals surface area contributed by atoms with E-state index in [2.05, 4.69) is 30.4 Å². The van der Waals surface area contributed by atoms with Crippen molar-refractivity contribution < 1.29 is 13.7 Å². The molecule has 4 heterocycles. The third kappa shape index (κ3) is 3.51. The molecule has 10 nitrogen and oxygen atoms in total. The van der Waals surface area contributed by atoms with Crippen molar-refractivity contribution >= 4 is 0 Å². The number of benzene rings is 1. The Labute approximate surface area is 182 Å². The second-order valence-corrected chi connectivity index (χ2v) is 7.07. The van der Waals surface area contributed by atoms with Crippen LogP contribution in [-0.2, 0) is 6.54 Å². The molecule has 0 N–H and O–H groups in total. The standard InChI is InChI=1S/C22H19N7O3/c1-13-19(22-25-20(27-32-22)15-7-6-10-23-11-15)26-28-29(13)12-17-14(2)31-21(24-17)16-8-4-5-9-18(16)30-3/h4-11H,12H2,1-3H3. The number of aromatic nitrogens is 7. The molecule has 160 valence electrons. The smallest absolute Gasteiger partial charge is 0.280 e. The van der Waals surface area contributed by atoms with E-state index < -0.39 is 0 Å². The van der Waals surface area contributed by atoms with Crippen LogP contribution in [-0.4, -0.2) is 42.2 Å². The maximum absolute atomic E-state index is 5.90. The number of aryl methyl sites for hydroxylation is 1. The molecule has 32 heavy (non-hydrogen) atoms. The van der Waals surface area contributed by atoms with Gasteiger partial charge in [0.15, 0.2) is 5.69 Å². The fourth-order valence-electron chi connectivity index (χ4n) is 3.29. The zero-order valence-electron chi connectivity index (χ0n) is 17.7. The summed E-state index contributed by atoms with van der Waals surface area (Å²) in [6.07, 6.45) is 3.36. The lowest BCUT2D eigenvalue weighted by Gasteiger charge is -2.03. The van der Waals surface area contributed by atoms with Gasteiger partial charge in [-0.25, -0.2) is 9.67 Å². The third-order valence-corrected chi connectivity index (χ3v) is 5.06. The maximum Gasteiger partial charge on any atom is 0.280 e. The van der Waals surface area contributed by atoms with Gasteiger partial charge in [0.1, 0.15) is 17.2 Å². The molecule has 10 heteroatoms. The van der Waals surface area contributed by atoms with Crippen LogP contribution in [0.3, 0.4) is 0 Å². The van der Waals surface area contributed by atoms with E-state index in [4.69, 9.17) is 13.7 Å². The van der Waals surface area contributed by atoms with Crippen LogP contribution in [0.5, 0.6) is 5.75 Å². The first-order chi connectivity index (χ1) is 15.6. The van der Waals surface area contributed by atoms with Crippen LogP contribution >= 0.6 is 0 Å². The normalized spacial score (nSPS) is 11.1. The number of oxazole rings is 1. The van der Waals surface area contributed by atoms with Gasteiger partial charge in [-0.3, -0.25) is 4.98 Å². The second-order valence-electron chi connectivity index (χ2n) is 7.07. The van der Waals surface area contributed by atoms with Gasteiger partial charge in [0.05, 0.1) is 24.9 Å². The molecule has 0 spiro atoms. The average Bonchev–Trinajstić information content (AvgIpc) is 3.54. The van der Waals surface area contributed by atoms with E-state index in [9.17, 15) is 0 Å². The summed E-state index contributed by atoms with van der Waals surface area (Å²) in [5, 5.41) is 12.5. The summed E-state index contributed by atoms with van der Waals surface area (Å²) in [6.45, 7) is 4.14. The van der Waals surface area contributed by atoms with Gasteiger partial charge in [0.2, 0.25) is 11.7 Å². The Morgan fingerprint density at radius 3 is 2.72 bits per heavy atom. The van der Waals surface area contributed by atoms with Crippen LogP contribution < -0.4 is 4.74 Å². The monoisotopic (exact) mass is 429 g/mol. The molecule has 0 bridgehead atoms. The van der Waals surface area contributed by atoms with E-state index in [-0.39, 0.29) is 0 Å². The summed E-state index contributed by atoms with van der Waals surface area (Å²) in [6, 6.07) is 11.3. The lowest BCUT2D eigenvalue weighted by Crippen LogP contribution is -2.05. The van der Waals surface area contributed by atoms with Crippen LogP contribution in [0.2, 0.25) is 0 Å². The highest BCUT2D eigenvalue weighted by Gasteiger charge is 2.21. The Morgan fingerprint density at radius 1 is 1.03 bits per heavy atom. The molecule has 1 aromatic carbocycles. The molecule has 5 aromatic rings. The fraction of sp³-hybridized carbons (Fsp3) is 0.182. The molecule has 0 saturated carbocycles. The summed E-state index contributed by atoms with van der Waals surface area (Å²) >= 11 is 0. The van der Waals surface area contributed by atoms with Gasteiger partial charge in [0.25, 0.3) is 5.89 Å². The molecule has 0 aliphatic carbocycles. The number of pyridine rings is 1. The topological polar surface area (TPSA) is 118 Å². The van der Waals surface area contributed by atoms with E-state index in [1.807, 2.05) is 50.2 Å². The van der Waals surface area contributed by atoms with Crippen molar-refractivity contribution in [1.29, 1.82) is 0 Å². The minimum atomic E-state index is 0.291. The quantitative estimate of drug-likeness (QED) is 0.398. The van der Waals surface area contributed by atoms with E-state index in [1.54, 1.807) is 24.2 Å². The van der Waals surface area contributed by atoms with E-state index in [0.29, 0.717) is 41.4 Å². The largest absolute Gasteiger partial charge is 0.496 e. The van der Waals surface area contributed by atoms with Crippen LogP contribution in [0.25, 0.3) is 34.4 Å². The Bertz CT molecular complexity index is 1370. The lowest BCUT2D eigenvalue weighted by atomic mass is 10.2.